The van der Waals surface area contributed by atoms with Crippen LogP contribution in [0.4, 0.5) is 0 Å². The molecule has 0 bridgehead atoms. The smallest absolute Gasteiger partial charge is 0.282 e. The predicted molar refractivity (Wildman–Crippen MR) is 135 cm³/mol. The number of rotatable bonds is 7. The summed E-state index contributed by atoms with van der Waals surface area (Å²) in [7, 11) is 0. The van der Waals surface area contributed by atoms with Crippen molar-refractivity contribution in [2.24, 2.45) is 5.10 Å². The number of fused-ring (bicyclic) bond motifs is 1. The lowest BCUT2D eigenvalue weighted by atomic mass is 10.1. The van der Waals surface area contributed by atoms with Crippen LogP contribution in [0.1, 0.15) is 57.8 Å². The molecule has 2 atom stereocenters. The minimum atomic E-state index is -0.219. The van der Waals surface area contributed by atoms with Crippen LogP contribution >= 0.6 is 43.5 Å². The Kier molecular flexibility index (Phi) is 7.94. The summed E-state index contributed by atoms with van der Waals surface area (Å²) in [6, 6.07) is 9.04. The highest BCUT2D eigenvalue weighted by molar-refractivity contribution is 9.10. The molecule has 8 heteroatoms. The van der Waals surface area contributed by atoms with E-state index in [4.69, 9.17) is 21.3 Å². The van der Waals surface area contributed by atoms with Crippen molar-refractivity contribution < 1.29 is 4.74 Å². The molecule has 0 aliphatic carbocycles. The Hall–Kier alpha value is -1.70. The van der Waals surface area contributed by atoms with Crippen molar-refractivity contribution >= 4 is 60.6 Å². The predicted octanol–water partition coefficient (Wildman–Crippen LogP) is 7.15. The Balaban J connectivity index is 2.19. The van der Waals surface area contributed by atoms with Crippen molar-refractivity contribution in [3.8, 4) is 5.75 Å². The van der Waals surface area contributed by atoms with Gasteiger partial charge in [0, 0.05) is 21.0 Å². The standard InChI is InChI=1S/C23H24Br2ClN3O2/c1-5-13(3)22-28-20-8-7-16(24)10-18(20)23(30)29(22)27-12-15-9-17(26)11-19(25)21(15)31-14(4)6-2/h7-14H,5-6H2,1-4H3/t13-,14+/m0/s1. The van der Waals surface area contributed by atoms with E-state index in [-0.39, 0.29) is 17.6 Å². The molecular formula is C23H24Br2ClN3O2. The zero-order valence-corrected chi connectivity index (χ0v) is 21.8. The van der Waals surface area contributed by atoms with E-state index in [0.29, 0.717) is 33.1 Å². The van der Waals surface area contributed by atoms with Gasteiger partial charge >= 0.3 is 0 Å². The molecule has 0 saturated carbocycles. The van der Waals surface area contributed by atoms with Crippen LogP contribution in [0.5, 0.6) is 5.75 Å². The maximum Gasteiger partial charge on any atom is 0.282 e. The van der Waals surface area contributed by atoms with Crippen LogP contribution in [-0.2, 0) is 0 Å². The average Bonchev–Trinajstić information content (AvgIpc) is 2.74. The molecule has 3 rings (SSSR count). The second kappa shape index (κ2) is 10.3. The van der Waals surface area contributed by atoms with Crippen molar-refractivity contribution in [1.29, 1.82) is 0 Å². The summed E-state index contributed by atoms with van der Waals surface area (Å²) >= 11 is 13.2. The Morgan fingerprint density at radius 2 is 1.94 bits per heavy atom. The zero-order chi connectivity index (χ0) is 22.7. The molecular weight excluding hydrogens is 546 g/mol. The number of hydrogen-bond acceptors (Lipinski definition) is 4. The van der Waals surface area contributed by atoms with Gasteiger partial charge < -0.3 is 4.74 Å². The molecule has 0 N–H and O–H groups in total. The van der Waals surface area contributed by atoms with Crippen LogP contribution in [-0.4, -0.2) is 22.0 Å². The van der Waals surface area contributed by atoms with Gasteiger partial charge in [-0.15, -0.1) is 0 Å². The lowest BCUT2D eigenvalue weighted by molar-refractivity contribution is 0.215. The number of aromatic nitrogens is 2. The van der Waals surface area contributed by atoms with Crippen molar-refractivity contribution in [1.82, 2.24) is 9.66 Å². The molecule has 0 aliphatic heterocycles. The molecule has 164 valence electrons. The summed E-state index contributed by atoms with van der Waals surface area (Å²) in [4.78, 5) is 18.0. The van der Waals surface area contributed by atoms with E-state index in [2.05, 4.69) is 50.8 Å². The zero-order valence-electron chi connectivity index (χ0n) is 17.8. The van der Waals surface area contributed by atoms with Crippen LogP contribution in [0.2, 0.25) is 5.02 Å². The second-order valence-corrected chi connectivity index (χ2v) is 9.65. The van der Waals surface area contributed by atoms with Crippen LogP contribution in [0.25, 0.3) is 10.9 Å². The highest BCUT2D eigenvalue weighted by Crippen LogP contribution is 2.33. The van der Waals surface area contributed by atoms with Gasteiger partial charge in [-0.1, -0.05) is 48.3 Å². The third-order valence-electron chi connectivity index (χ3n) is 5.13. The second-order valence-electron chi connectivity index (χ2n) is 7.44. The van der Waals surface area contributed by atoms with Crippen LogP contribution in [0.15, 0.2) is 49.2 Å². The van der Waals surface area contributed by atoms with Gasteiger partial charge in [0.2, 0.25) is 0 Å². The van der Waals surface area contributed by atoms with Crippen molar-refractivity contribution in [2.75, 3.05) is 0 Å². The first-order chi connectivity index (χ1) is 14.7. The van der Waals surface area contributed by atoms with Gasteiger partial charge in [0.1, 0.15) is 11.6 Å². The monoisotopic (exact) mass is 567 g/mol. The Morgan fingerprint density at radius 1 is 1.19 bits per heavy atom. The van der Waals surface area contributed by atoms with E-state index >= 15 is 0 Å². The molecule has 3 aromatic rings. The minimum Gasteiger partial charge on any atom is -0.489 e. The molecule has 2 aromatic carbocycles. The third kappa shape index (κ3) is 5.38. The summed E-state index contributed by atoms with van der Waals surface area (Å²) in [5.74, 6) is 1.31. The van der Waals surface area contributed by atoms with E-state index in [1.807, 2.05) is 26.0 Å². The fourth-order valence-corrected chi connectivity index (χ4v) is 4.27. The first-order valence-electron chi connectivity index (χ1n) is 10.2. The number of benzene rings is 2. The molecule has 0 fully saturated rings. The molecule has 31 heavy (non-hydrogen) atoms. The average molecular weight is 570 g/mol. The van der Waals surface area contributed by atoms with Crippen molar-refractivity contribution in [3.63, 3.8) is 0 Å². The van der Waals surface area contributed by atoms with E-state index in [9.17, 15) is 4.79 Å². The van der Waals surface area contributed by atoms with E-state index < -0.39 is 0 Å². The van der Waals surface area contributed by atoms with Gasteiger partial charge in [-0.2, -0.15) is 9.78 Å². The maximum absolute atomic E-state index is 13.3. The molecule has 0 aliphatic rings. The van der Waals surface area contributed by atoms with E-state index in [1.54, 1.807) is 24.4 Å². The van der Waals surface area contributed by atoms with Gasteiger partial charge in [-0.05, 0) is 66.0 Å². The molecule has 0 radical (unpaired) electrons. The highest BCUT2D eigenvalue weighted by Gasteiger charge is 2.17. The van der Waals surface area contributed by atoms with Crippen molar-refractivity contribution in [3.05, 3.63) is 66.0 Å². The summed E-state index contributed by atoms with van der Waals surface area (Å²) < 4.78 is 9.00. The topological polar surface area (TPSA) is 56.5 Å². The SMILES string of the molecule is CC[C@@H](C)Oc1c(Br)cc(Cl)cc1C=Nn1c([C@@H](C)CC)nc2ccc(Br)cc2c1=O. The summed E-state index contributed by atoms with van der Waals surface area (Å²) in [6.45, 7) is 8.15. The number of halogens is 3. The van der Waals surface area contributed by atoms with Crippen molar-refractivity contribution in [2.45, 2.75) is 52.6 Å². The quantitative estimate of drug-likeness (QED) is 0.284. The van der Waals surface area contributed by atoms with Gasteiger partial charge in [-0.3, -0.25) is 4.79 Å². The third-order valence-corrected chi connectivity index (χ3v) is 6.43. The molecule has 0 spiro atoms. The Morgan fingerprint density at radius 3 is 2.61 bits per heavy atom. The summed E-state index contributed by atoms with van der Waals surface area (Å²) in [5.41, 5.74) is 1.11. The molecule has 5 nitrogen and oxygen atoms in total. The molecule has 0 unspecified atom stereocenters. The highest BCUT2D eigenvalue weighted by atomic mass is 79.9. The van der Waals surface area contributed by atoms with Crippen LogP contribution in [0, 0.1) is 0 Å². The fourth-order valence-electron chi connectivity index (χ4n) is 2.98. The molecule has 0 saturated heterocycles. The van der Waals surface area contributed by atoms with Gasteiger partial charge in [0.25, 0.3) is 5.56 Å². The summed E-state index contributed by atoms with van der Waals surface area (Å²) in [6.07, 6.45) is 3.30. The van der Waals surface area contributed by atoms with E-state index in [1.165, 1.54) is 4.68 Å². The van der Waals surface area contributed by atoms with Gasteiger partial charge in [0.05, 0.1) is 27.7 Å². The summed E-state index contributed by atoms with van der Waals surface area (Å²) in [5, 5.41) is 5.59. The molecule has 1 aromatic heterocycles. The first kappa shape index (κ1) is 24.0. The number of hydrogen-bond donors (Lipinski definition) is 0. The fraction of sp³-hybridized carbons (Fsp3) is 0.348. The normalized spacial score (nSPS) is 13.6. The minimum absolute atomic E-state index is 0.0164. The van der Waals surface area contributed by atoms with Gasteiger partial charge in [0.15, 0.2) is 0 Å². The lowest BCUT2D eigenvalue weighted by Crippen LogP contribution is -2.23. The molecule has 1 heterocycles. The number of ether oxygens (including phenoxy) is 1. The Bertz CT molecular complexity index is 1190. The first-order valence-corrected chi connectivity index (χ1v) is 12.1. The molecule has 0 amide bonds. The van der Waals surface area contributed by atoms with E-state index in [0.717, 1.165) is 21.8 Å². The Labute approximate surface area is 203 Å². The largest absolute Gasteiger partial charge is 0.489 e. The lowest BCUT2D eigenvalue weighted by Gasteiger charge is -2.17. The number of nitrogens with zero attached hydrogens (tertiary/aromatic N) is 3. The van der Waals surface area contributed by atoms with Crippen LogP contribution < -0.4 is 10.3 Å². The van der Waals surface area contributed by atoms with Crippen LogP contribution in [0.3, 0.4) is 0 Å². The maximum atomic E-state index is 13.3. The van der Waals surface area contributed by atoms with Gasteiger partial charge in [-0.25, -0.2) is 4.98 Å².